The number of benzene rings is 1. The SMILES string of the molecule is CC(O)Cc1ccc2c(c1)C(C)CS2. The van der Waals surface area contributed by atoms with Gasteiger partial charge in [0.15, 0.2) is 0 Å². The van der Waals surface area contributed by atoms with Crippen LogP contribution in [0.5, 0.6) is 0 Å². The summed E-state index contributed by atoms with van der Waals surface area (Å²) in [7, 11) is 0. The average molecular weight is 208 g/mol. The van der Waals surface area contributed by atoms with Gasteiger partial charge in [-0.1, -0.05) is 19.1 Å². The van der Waals surface area contributed by atoms with Crippen LogP contribution in [0.3, 0.4) is 0 Å². The van der Waals surface area contributed by atoms with Crippen molar-refractivity contribution in [3.63, 3.8) is 0 Å². The van der Waals surface area contributed by atoms with E-state index in [1.807, 2.05) is 18.7 Å². The Labute approximate surface area is 89.5 Å². The number of hydrogen-bond donors (Lipinski definition) is 1. The third kappa shape index (κ3) is 1.96. The van der Waals surface area contributed by atoms with Crippen LogP contribution in [0.1, 0.15) is 30.9 Å². The Bertz CT molecular complexity index is 333. The van der Waals surface area contributed by atoms with E-state index in [1.54, 1.807) is 0 Å². The molecule has 1 aromatic rings. The van der Waals surface area contributed by atoms with Gasteiger partial charge in [0.2, 0.25) is 0 Å². The molecular weight excluding hydrogens is 192 g/mol. The zero-order valence-electron chi connectivity index (χ0n) is 8.66. The summed E-state index contributed by atoms with van der Waals surface area (Å²) in [5.41, 5.74) is 2.72. The van der Waals surface area contributed by atoms with E-state index in [0.717, 1.165) is 6.42 Å². The van der Waals surface area contributed by atoms with E-state index in [2.05, 4.69) is 25.1 Å². The lowest BCUT2D eigenvalue weighted by Gasteiger charge is -2.08. The molecule has 1 heterocycles. The molecule has 0 saturated heterocycles. The van der Waals surface area contributed by atoms with Gasteiger partial charge in [0, 0.05) is 10.6 Å². The molecule has 0 aliphatic carbocycles. The Morgan fingerprint density at radius 2 is 2.36 bits per heavy atom. The van der Waals surface area contributed by atoms with Gasteiger partial charge in [0.1, 0.15) is 0 Å². The molecule has 0 fully saturated rings. The predicted molar refractivity (Wildman–Crippen MR) is 61.0 cm³/mol. The number of aliphatic hydroxyl groups is 1. The van der Waals surface area contributed by atoms with Crippen molar-refractivity contribution in [1.29, 1.82) is 0 Å². The fourth-order valence-electron chi connectivity index (χ4n) is 1.89. The van der Waals surface area contributed by atoms with Crippen molar-refractivity contribution in [3.05, 3.63) is 29.3 Å². The molecule has 0 spiro atoms. The third-order valence-electron chi connectivity index (χ3n) is 2.63. The lowest BCUT2D eigenvalue weighted by Crippen LogP contribution is -2.04. The number of hydrogen-bond acceptors (Lipinski definition) is 2. The molecule has 14 heavy (non-hydrogen) atoms. The second kappa shape index (κ2) is 3.95. The highest BCUT2D eigenvalue weighted by Gasteiger charge is 2.19. The molecule has 0 aromatic heterocycles. The summed E-state index contributed by atoms with van der Waals surface area (Å²) in [4.78, 5) is 1.42. The van der Waals surface area contributed by atoms with Crippen LogP contribution in [0.2, 0.25) is 0 Å². The lowest BCUT2D eigenvalue weighted by molar-refractivity contribution is 0.195. The molecule has 1 N–H and O–H groups in total. The first-order valence-corrected chi connectivity index (χ1v) is 6.09. The molecule has 0 saturated carbocycles. The minimum atomic E-state index is -0.239. The maximum atomic E-state index is 9.32. The summed E-state index contributed by atoms with van der Waals surface area (Å²) in [6, 6.07) is 6.59. The van der Waals surface area contributed by atoms with Crippen LogP contribution in [0.25, 0.3) is 0 Å². The van der Waals surface area contributed by atoms with Crippen LogP contribution in [0, 0.1) is 0 Å². The second-order valence-electron chi connectivity index (χ2n) is 4.14. The van der Waals surface area contributed by atoms with Crippen molar-refractivity contribution in [3.8, 4) is 0 Å². The Morgan fingerprint density at radius 1 is 1.57 bits per heavy atom. The molecule has 2 atom stereocenters. The Balaban J connectivity index is 2.26. The highest BCUT2D eigenvalue weighted by Crippen LogP contribution is 2.39. The molecule has 0 radical (unpaired) electrons. The van der Waals surface area contributed by atoms with Crippen LogP contribution < -0.4 is 0 Å². The van der Waals surface area contributed by atoms with E-state index in [0.29, 0.717) is 5.92 Å². The van der Waals surface area contributed by atoms with Gasteiger partial charge in [-0.2, -0.15) is 0 Å². The van der Waals surface area contributed by atoms with Gasteiger partial charge in [-0.3, -0.25) is 0 Å². The molecule has 2 heteroatoms. The summed E-state index contributed by atoms with van der Waals surface area (Å²) in [5, 5.41) is 9.32. The zero-order valence-corrected chi connectivity index (χ0v) is 9.47. The zero-order chi connectivity index (χ0) is 10.1. The van der Waals surface area contributed by atoms with Crippen molar-refractivity contribution in [1.82, 2.24) is 0 Å². The third-order valence-corrected chi connectivity index (χ3v) is 3.97. The first kappa shape index (κ1) is 10.1. The monoisotopic (exact) mass is 208 g/mol. The van der Waals surface area contributed by atoms with Gasteiger partial charge < -0.3 is 5.11 Å². The van der Waals surface area contributed by atoms with Crippen LogP contribution in [0.4, 0.5) is 0 Å². The van der Waals surface area contributed by atoms with E-state index in [9.17, 15) is 5.11 Å². The number of fused-ring (bicyclic) bond motifs is 1. The highest BCUT2D eigenvalue weighted by molar-refractivity contribution is 7.99. The van der Waals surface area contributed by atoms with Crippen LogP contribution in [-0.2, 0) is 6.42 Å². The van der Waals surface area contributed by atoms with Gasteiger partial charge in [-0.05, 0) is 36.5 Å². The molecular formula is C12H16OS. The van der Waals surface area contributed by atoms with Crippen molar-refractivity contribution in [2.24, 2.45) is 0 Å². The van der Waals surface area contributed by atoms with Gasteiger partial charge in [-0.25, -0.2) is 0 Å². The molecule has 2 rings (SSSR count). The molecule has 0 amide bonds. The van der Waals surface area contributed by atoms with E-state index < -0.39 is 0 Å². The van der Waals surface area contributed by atoms with Crippen molar-refractivity contribution < 1.29 is 5.11 Å². The van der Waals surface area contributed by atoms with Crippen molar-refractivity contribution in [2.45, 2.75) is 37.2 Å². The first-order valence-electron chi connectivity index (χ1n) is 5.10. The van der Waals surface area contributed by atoms with Crippen molar-refractivity contribution >= 4 is 11.8 Å². The molecule has 2 unspecified atom stereocenters. The number of aliphatic hydroxyl groups excluding tert-OH is 1. The maximum Gasteiger partial charge on any atom is 0.0552 e. The maximum absolute atomic E-state index is 9.32. The first-order chi connectivity index (χ1) is 6.66. The van der Waals surface area contributed by atoms with Gasteiger partial charge in [0.05, 0.1) is 6.10 Å². The fraction of sp³-hybridized carbons (Fsp3) is 0.500. The number of thioether (sulfide) groups is 1. The van der Waals surface area contributed by atoms with Crippen molar-refractivity contribution in [2.75, 3.05) is 5.75 Å². The second-order valence-corrected chi connectivity index (χ2v) is 5.20. The Morgan fingerprint density at radius 3 is 3.07 bits per heavy atom. The Kier molecular flexibility index (Phi) is 2.84. The summed E-state index contributed by atoms with van der Waals surface area (Å²) in [6.07, 6.45) is 0.530. The molecule has 1 aliphatic heterocycles. The molecule has 76 valence electrons. The van der Waals surface area contributed by atoms with E-state index in [-0.39, 0.29) is 6.10 Å². The Hall–Kier alpha value is -0.470. The van der Waals surface area contributed by atoms with Crippen LogP contribution in [-0.4, -0.2) is 17.0 Å². The van der Waals surface area contributed by atoms with E-state index in [4.69, 9.17) is 0 Å². The molecule has 1 nitrogen and oxygen atoms in total. The quantitative estimate of drug-likeness (QED) is 0.806. The molecule has 1 aliphatic rings. The number of rotatable bonds is 2. The fourth-order valence-corrected chi connectivity index (χ4v) is 3.09. The summed E-state index contributed by atoms with van der Waals surface area (Å²) < 4.78 is 0. The van der Waals surface area contributed by atoms with Gasteiger partial charge in [0.25, 0.3) is 0 Å². The smallest absolute Gasteiger partial charge is 0.0552 e. The minimum Gasteiger partial charge on any atom is -0.393 e. The van der Waals surface area contributed by atoms with Gasteiger partial charge >= 0.3 is 0 Å². The minimum absolute atomic E-state index is 0.239. The van der Waals surface area contributed by atoms with Crippen LogP contribution >= 0.6 is 11.8 Å². The molecule has 1 aromatic carbocycles. The van der Waals surface area contributed by atoms with E-state index >= 15 is 0 Å². The average Bonchev–Trinajstić information content (AvgIpc) is 2.47. The highest BCUT2D eigenvalue weighted by atomic mass is 32.2. The van der Waals surface area contributed by atoms with E-state index in [1.165, 1.54) is 21.8 Å². The topological polar surface area (TPSA) is 20.2 Å². The standard InChI is InChI=1S/C12H16OS/c1-8-7-14-12-4-3-10(5-9(2)13)6-11(8)12/h3-4,6,8-9,13H,5,7H2,1-2H3. The normalized spacial score (nSPS) is 22.1. The lowest BCUT2D eigenvalue weighted by atomic mass is 9.99. The summed E-state index contributed by atoms with van der Waals surface area (Å²) >= 11 is 1.94. The summed E-state index contributed by atoms with van der Waals surface area (Å²) in [5.74, 6) is 1.87. The predicted octanol–water partition coefficient (Wildman–Crippen LogP) is 2.82. The summed E-state index contributed by atoms with van der Waals surface area (Å²) in [6.45, 7) is 4.11. The largest absolute Gasteiger partial charge is 0.393 e. The van der Waals surface area contributed by atoms with Gasteiger partial charge in [-0.15, -0.1) is 11.8 Å². The van der Waals surface area contributed by atoms with Crippen LogP contribution in [0.15, 0.2) is 23.1 Å². The molecule has 0 bridgehead atoms.